The van der Waals surface area contributed by atoms with Crippen LogP contribution in [-0.2, 0) is 6.54 Å². The van der Waals surface area contributed by atoms with E-state index >= 15 is 0 Å². The second-order valence-electron chi connectivity index (χ2n) is 7.66. The Hall–Kier alpha value is -2.41. The highest BCUT2D eigenvalue weighted by Crippen LogP contribution is 2.41. The van der Waals surface area contributed by atoms with E-state index in [1.54, 1.807) is 6.07 Å². The van der Waals surface area contributed by atoms with Gasteiger partial charge in [-0.3, -0.25) is 14.7 Å². The van der Waals surface area contributed by atoms with Crippen LogP contribution in [0.25, 0.3) is 0 Å². The predicted molar refractivity (Wildman–Crippen MR) is 99.4 cm³/mol. The van der Waals surface area contributed by atoms with Crippen LogP contribution in [0.5, 0.6) is 5.88 Å². The lowest BCUT2D eigenvalue weighted by Gasteiger charge is -2.46. The van der Waals surface area contributed by atoms with E-state index in [9.17, 15) is 4.79 Å². The molecule has 0 atom stereocenters. The van der Waals surface area contributed by atoms with Gasteiger partial charge in [-0.25, -0.2) is 0 Å². The highest BCUT2D eigenvalue weighted by atomic mass is 16.5. The van der Waals surface area contributed by atoms with Crippen molar-refractivity contribution in [2.45, 2.75) is 32.2 Å². The number of hydrogen-bond donors (Lipinski definition) is 0. The highest BCUT2D eigenvalue weighted by molar-refractivity contribution is 5.91. The number of ether oxygens (including phenoxy) is 1. The van der Waals surface area contributed by atoms with E-state index in [4.69, 9.17) is 9.26 Å². The number of piperidine rings is 2. The Bertz CT molecular complexity index is 759. The number of amides is 1. The van der Waals surface area contributed by atoms with Crippen LogP contribution in [0.4, 0.5) is 0 Å². The summed E-state index contributed by atoms with van der Waals surface area (Å²) in [6.07, 6.45) is 8.29. The SMILES string of the molecule is COc1cc(C(=O)N2CCC3(CCN(Cc4cccnc4)CC3)CC2)on1. The van der Waals surface area contributed by atoms with Gasteiger partial charge in [0.1, 0.15) is 0 Å². The number of carbonyl (C=O) groups excluding carboxylic acids is 1. The first-order chi connectivity index (χ1) is 13.2. The number of pyridine rings is 1. The summed E-state index contributed by atoms with van der Waals surface area (Å²) in [5.41, 5.74) is 1.65. The van der Waals surface area contributed by atoms with Crippen molar-refractivity contribution in [3.05, 3.63) is 41.9 Å². The third-order valence-corrected chi connectivity index (χ3v) is 6.07. The number of likely N-dealkylation sites (tertiary alicyclic amines) is 2. The summed E-state index contributed by atoms with van der Waals surface area (Å²) in [5, 5.41) is 3.72. The molecule has 1 amide bonds. The second kappa shape index (κ2) is 7.68. The molecule has 2 aromatic heterocycles. The summed E-state index contributed by atoms with van der Waals surface area (Å²) in [6.45, 7) is 4.76. The van der Waals surface area contributed by atoms with Gasteiger partial charge in [0.05, 0.1) is 13.2 Å². The Morgan fingerprint density at radius 1 is 1.22 bits per heavy atom. The summed E-state index contributed by atoms with van der Waals surface area (Å²) < 4.78 is 10.1. The molecule has 0 unspecified atom stereocenters. The van der Waals surface area contributed by atoms with Crippen LogP contribution in [0.2, 0.25) is 0 Å². The lowest BCUT2D eigenvalue weighted by atomic mass is 9.71. The Labute approximate surface area is 159 Å². The second-order valence-corrected chi connectivity index (χ2v) is 7.66. The minimum atomic E-state index is -0.0883. The molecule has 0 aromatic carbocycles. The number of aromatic nitrogens is 2. The maximum absolute atomic E-state index is 12.6. The first-order valence-electron chi connectivity index (χ1n) is 9.59. The van der Waals surface area contributed by atoms with Crippen molar-refractivity contribution in [3.8, 4) is 5.88 Å². The molecule has 4 rings (SSSR count). The van der Waals surface area contributed by atoms with Crippen LogP contribution in [0.3, 0.4) is 0 Å². The van der Waals surface area contributed by atoms with Crippen molar-refractivity contribution in [1.29, 1.82) is 0 Å². The van der Waals surface area contributed by atoms with Gasteiger partial charge in [0, 0.05) is 32.0 Å². The van der Waals surface area contributed by atoms with Gasteiger partial charge in [0.25, 0.3) is 11.8 Å². The fraction of sp³-hybridized carbons (Fsp3) is 0.550. The molecular weight excluding hydrogens is 344 g/mol. The summed E-state index contributed by atoms with van der Waals surface area (Å²) in [4.78, 5) is 21.2. The quantitative estimate of drug-likeness (QED) is 0.824. The topological polar surface area (TPSA) is 71.7 Å². The molecular formula is C20H26N4O3. The maximum atomic E-state index is 12.6. The van der Waals surface area contributed by atoms with Crippen molar-refractivity contribution < 1.29 is 14.1 Å². The third-order valence-electron chi connectivity index (χ3n) is 6.07. The molecule has 0 radical (unpaired) electrons. The molecule has 2 fully saturated rings. The zero-order valence-electron chi connectivity index (χ0n) is 15.8. The molecule has 1 spiro atoms. The Morgan fingerprint density at radius 3 is 2.59 bits per heavy atom. The lowest BCUT2D eigenvalue weighted by Crippen LogP contribution is -2.48. The van der Waals surface area contributed by atoms with E-state index in [2.05, 4.69) is 21.1 Å². The molecule has 7 heteroatoms. The van der Waals surface area contributed by atoms with E-state index in [1.807, 2.05) is 23.4 Å². The first kappa shape index (κ1) is 18.0. The Morgan fingerprint density at radius 2 is 1.96 bits per heavy atom. The van der Waals surface area contributed by atoms with Gasteiger partial charge in [-0.15, -0.1) is 0 Å². The van der Waals surface area contributed by atoms with Gasteiger partial charge in [0.15, 0.2) is 0 Å². The number of hydrogen-bond acceptors (Lipinski definition) is 6. The molecule has 0 bridgehead atoms. The summed E-state index contributed by atoms with van der Waals surface area (Å²) in [6, 6.07) is 5.70. The molecule has 0 saturated carbocycles. The number of methoxy groups -OCH3 is 1. The summed E-state index contributed by atoms with van der Waals surface area (Å²) in [7, 11) is 1.51. The molecule has 144 valence electrons. The molecule has 4 heterocycles. The molecule has 2 aliphatic rings. The molecule has 0 aliphatic carbocycles. The van der Waals surface area contributed by atoms with Gasteiger partial charge in [-0.2, -0.15) is 0 Å². The van der Waals surface area contributed by atoms with Gasteiger partial charge < -0.3 is 14.2 Å². The zero-order chi connectivity index (χ0) is 18.7. The summed E-state index contributed by atoms with van der Waals surface area (Å²) >= 11 is 0. The third kappa shape index (κ3) is 3.98. The Kier molecular flexibility index (Phi) is 5.11. The van der Waals surface area contributed by atoms with Gasteiger partial charge >= 0.3 is 0 Å². The van der Waals surface area contributed by atoms with Crippen molar-refractivity contribution >= 4 is 5.91 Å². The van der Waals surface area contributed by atoms with Gasteiger partial charge in [-0.1, -0.05) is 6.07 Å². The number of carbonyl (C=O) groups is 1. The standard InChI is InChI=1S/C20H26N4O3/c1-26-18-13-17(27-22-18)19(25)24-11-6-20(7-12-24)4-9-23(10-5-20)15-16-3-2-8-21-14-16/h2-3,8,13-14H,4-7,9-12,15H2,1H3. The average Bonchev–Trinajstić information content (AvgIpc) is 3.20. The van der Waals surface area contributed by atoms with E-state index in [0.29, 0.717) is 11.3 Å². The maximum Gasteiger partial charge on any atom is 0.292 e. The molecule has 2 aliphatic heterocycles. The van der Waals surface area contributed by atoms with Crippen LogP contribution in [-0.4, -0.2) is 59.1 Å². The first-order valence-corrected chi connectivity index (χ1v) is 9.59. The highest BCUT2D eigenvalue weighted by Gasteiger charge is 2.39. The predicted octanol–water partition coefficient (Wildman–Crippen LogP) is 2.60. The number of rotatable bonds is 4. The van der Waals surface area contributed by atoms with Gasteiger partial charge in [0.2, 0.25) is 5.76 Å². The molecule has 2 aromatic rings. The lowest BCUT2D eigenvalue weighted by molar-refractivity contribution is 0.0265. The average molecular weight is 370 g/mol. The van der Waals surface area contributed by atoms with Crippen LogP contribution >= 0.6 is 0 Å². The minimum Gasteiger partial charge on any atom is -0.479 e. The molecule has 27 heavy (non-hydrogen) atoms. The Balaban J connectivity index is 1.28. The monoisotopic (exact) mass is 370 g/mol. The molecule has 7 nitrogen and oxygen atoms in total. The normalized spacial score (nSPS) is 20.0. The van der Waals surface area contributed by atoms with Crippen LogP contribution < -0.4 is 4.74 Å². The van der Waals surface area contributed by atoms with Crippen molar-refractivity contribution in [1.82, 2.24) is 19.9 Å². The van der Waals surface area contributed by atoms with Crippen molar-refractivity contribution in [2.24, 2.45) is 5.41 Å². The van der Waals surface area contributed by atoms with E-state index in [1.165, 1.54) is 25.5 Å². The van der Waals surface area contributed by atoms with Crippen LogP contribution in [0, 0.1) is 5.41 Å². The fourth-order valence-corrected chi connectivity index (χ4v) is 4.23. The van der Waals surface area contributed by atoms with E-state index < -0.39 is 0 Å². The molecule has 2 saturated heterocycles. The fourth-order valence-electron chi connectivity index (χ4n) is 4.23. The smallest absolute Gasteiger partial charge is 0.292 e. The van der Waals surface area contributed by atoms with E-state index in [-0.39, 0.29) is 11.7 Å². The minimum absolute atomic E-state index is 0.0883. The van der Waals surface area contributed by atoms with Crippen LogP contribution in [0.1, 0.15) is 41.8 Å². The van der Waals surface area contributed by atoms with Crippen molar-refractivity contribution in [3.63, 3.8) is 0 Å². The van der Waals surface area contributed by atoms with Crippen molar-refractivity contribution in [2.75, 3.05) is 33.3 Å². The van der Waals surface area contributed by atoms with Crippen LogP contribution in [0.15, 0.2) is 35.1 Å². The molecule has 0 N–H and O–H groups in total. The zero-order valence-corrected chi connectivity index (χ0v) is 15.8. The van der Waals surface area contributed by atoms with Gasteiger partial charge in [-0.05, 0) is 61.0 Å². The largest absolute Gasteiger partial charge is 0.479 e. The van der Waals surface area contributed by atoms with E-state index in [0.717, 1.165) is 45.6 Å². The number of nitrogens with zero attached hydrogens (tertiary/aromatic N) is 4. The summed E-state index contributed by atoms with van der Waals surface area (Å²) in [5.74, 6) is 0.511.